The van der Waals surface area contributed by atoms with Crippen LogP contribution in [-0.2, 0) is 12.8 Å². The molecule has 2 aromatic carbocycles. The molecule has 0 bridgehead atoms. The molecule has 3 nitrogen and oxygen atoms in total. The zero-order chi connectivity index (χ0) is 22.3. The third kappa shape index (κ3) is 5.63. The van der Waals surface area contributed by atoms with Gasteiger partial charge in [-0.1, -0.05) is 55.3 Å². The van der Waals surface area contributed by atoms with Crippen molar-refractivity contribution in [1.82, 2.24) is 0 Å². The number of aryl methyl sites for hydroxylation is 3. The van der Waals surface area contributed by atoms with Gasteiger partial charge in [0, 0.05) is 16.8 Å². The Kier molecular flexibility index (Phi) is 7.33. The normalized spacial score (nSPS) is 14.3. The summed E-state index contributed by atoms with van der Waals surface area (Å²) in [6.07, 6.45) is 12.6. The van der Waals surface area contributed by atoms with Crippen LogP contribution in [0.4, 0.5) is 10.7 Å². The molecule has 1 N–H and O–H groups in total. The van der Waals surface area contributed by atoms with Crippen LogP contribution in [0.25, 0.3) is 6.08 Å². The second-order valence-corrected chi connectivity index (χ2v) is 9.56. The standard InChI is InChI=1S/C28H30N2OS/c1-20-17-21(2)19-23(18-20)30-27(31)26-24-14-8-3-4-9-15-25(24)32-28(26)29-16-10-13-22-11-6-5-7-12-22/h5-7,10-13,16-19H,3-4,8-9,14-15H2,1-2H3,(H,30,31)/b13-10+,29-16?. The summed E-state index contributed by atoms with van der Waals surface area (Å²) >= 11 is 1.68. The number of allylic oxidation sites excluding steroid dienone is 1. The molecule has 0 spiro atoms. The molecule has 1 aromatic heterocycles. The van der Waals surface area contributed by atoms with Gasteiger partial charge >= 0.3 is 0 Å². The zero-order valence-corrected chi connectivity index (χ0v) is 19.7. The van der Waals surface area contributed by atoms with E-state index in [1.54, 1.807) is 17.6 Å². The summed E-state index contributed by atoms with van der Waals surface area (Å²) in [5, 5.41) is 3.96. The predicted octanol–water partition coefficient (Wildman–Crippen LogP) is 7.69. The number of nitrogens with one attached hydrogen (secondary N) is 1. The molecule has 1 aliphatic rings. The predicted molar refractivity (Wildman–Crippen MR) is 138 cm³/mol. The quantitative estimate of drug-likeness (QED) is 0.404. The Balaban J connectivity index is 1.64. The number of benzene rings is 2. The number of rotatable bonds is 5. The lowest BCUT2D eigenvalue weighted by Gasteiger charge is -2.12. The first-order valence-corrected chi connectivity index (χ1v) is 12.2. The Morgan fingerprint density at radius 1 is 0.969 bits per heavy atom. The van der Waals surface area contributed by atoms with Crippen molar-refractivity contribution in [1.29, 1.82) is 0 Å². The highest BCUT2D eigenvalue weighted by atomic mass is 32.1. The van der Waals surface area contributed by atoms with E-state index in [0.717, 1.165) is 52.2 Å². The lowest BCUT2D eigenvalue weighted by molar-refractivity contribution is 0.102. The van der Waals surface area contributed by atoms with Crippen LogP contribution >= 0.6 is 11.3 Å². The molecular formula is C28H30N2OS. The van der Waals surface area contributed by atoms with Crippen molar-refractivity contribution in [2.45, 2.75) is 52.4 Å². The zero-order valence-electron chi connectivity index (χ0n) is 18.9. The van der Waals surface area contributed by atoms with Crippen LogP contribution in [0.2, 0.25) is 0 Å². The number of carbonyl (C=O) groups is 1. The minimum atomic E-state index is -0.0488. The van der Waals surface area contributed by atoms with Crippen LogP contribution in [0.5, 0.6) is 0 Å². The molecule has 1 aliphatic carbocycles. The van der Waals surface area contributed by atoms with E-state index in [4.69, 9.17) is 4.99 Å². The highest BCUT2D eigenvalue weighted by Crippen LogP contribution is 2.39. The third-order valence-electron chi connectivity index (χ3n) is 5.73. The Hall–Kier alpha value is -2.98. The van der Waals surface area contributed by atoms with E-state index >= 15 is 0 Å². The largest absolute Gasteiger partial charge is 0.322 e. The van der Waals surface area contributed by atoms with Crippen LogP contribution in [0, 0.1) is 13.8 Å². The molecule has 3 aromatic rings. The molecular weight excluding hydrogens is 412 g/mol. The Labute approximate surface area is 194 Å². The van der Waals surface area contributed by atoms with Gasteiger partial charge in [0.15, 0.2) is 0 Å². The topological polar surface area (TPSA) is 41.5 Å². The van der Waals surface area contributed by atoms with Gasteiger partial charge in [-0.3, -0.25) is 4.79 Å². The fourth-order valence-electron chi connectivity index (χ4n) is 4.30. The van der Waals surface area contributed by atoms with Gasteiger partial charge in [-0.15, -0.1) is 11.3 Å². The first-order valence-electron chi connectivity index (χ1n) is 11.4. The van der Waals surface area contributed by atoms with Gasteiger partial charge in [-0.2, -0.15) is 0 Å². The van der Waals surface area contributed by atoms with Crippen LogP contribution in [0.3, 0.4) is 0 Å². The average molecular weight is 443 g/mol. The summed E-state index contributed by atoms with van der Waals surface area (Å²) in [6.45, 7) is 4.11. The van der Waals surface area contributed by atoms with Gasteiger partial charge in [0.1, 0.15) is 5.00 Å². The number of carbonyl (C=O) groups excluding carboxylic acids is 1. The number of hydrogen-bond acceptors (Lipinski definition) is 3. The fourth-order valence-corrected chi connectivity index (χ4v) is 5.54. The van der Waals surface area contributed by atoms with E-state index in [9.17, 15) is 4.79 Å². The molecule has 164 valence electrons. The maximum absolute atomic E-state index is 13.4. The van der Waals surface area contributed by atoms with Crippen molar-refractivity contribution in [3.05, 3.63) is 87.3 Å². The molecule has 1 amide bonds. The fraction of sp³-hybridized carbons (Fsp3) is 0.286. The molecule has 0 saturated heterocycles. The summed E-state index contributed by atoms with van der Waals surface area (Å²) in [5.41, 5.74) is 6.23. The third-order valence-corrected chi connectivity index (χ3v) is 6.93. The molecule has 0 saturated carbocycles. The number of thiophene rings is 1. The lowest BCUT2D eigenvalue weighted by atomic mass is 9.96. The molecule has 0 unspecified atom stereocenters. The minimum absolute atomic E-state index is 0.0488. The molecule has 0 atom stereocenters. The van der Waals surface area contributed by atoms with Gasteiger partial charge < -0.3 is 5.32 Å². The maximum Gasteiger partial charge on any atom is 0.259 e. The van der Waals surface area contributed by atoms with Gasteiger partial charge in [0.05, 0.1) is 5.56 Å². The Morgan fingerprint density at radius 2 is 1.69 bits per heavy atom. The molecule has 4 rings (SSSR count). The first-order chi connectivity index (χ1) is 15.6. The van der Waals surface area contributed by atoms with E-state index in [1.165, 1.54) is 29.7 Å². The molecule has 0 aliphatic heterocycles. The maximum atomic E-state index is 13.4. The molecule has 4 heteroatoms. The van der Waals surface area contributed by atoms with Crippen molar-refractivity contribution in [2.24, 2.45) is 4.99 Å². The van der Waals surface area contributed by atoms with Gasteiger partial charge in [-0.05, 0) is 80.0 Å². The van der Waals surface area contributed by atoms with Crippen molar-refractivity contribution in [2.75, 3.05) is 5.32 Å². The number of hydrogen-bond donors (Lipinski definition) is 1. The number of fused-ring (bicyclic) bond motifs is 1. The van der Waals surface area contributed by atoms with Crippen LogP contribution < -0.4 is 5.32 Å². The van der Waals surface area contributed by atoms with Crippen molar-refractivity contribution < 1.29 is 4.79 Å². The summed E-state index contributed by atoms with van der Waals surface area (Å²) in [5.74, 6) is -0.0488. The summed E-state index contributed by atoms with van der Waals surface area (Å²) in [6, 6.07) is 16.3. The van der Waals surface area contributed by atoms with Crippen LogP contribution in [0.15, 0.2) is 59.6 Å². The SMILES string of the molecule is Cc1cc(C)cc(NC(=O)c2c(N=C/C=C/c3ccccc3)sc3c2CCCCCC3)c1. The number of aliphatic imine (C=N–C) groups is 1. The Morgan fingerprint density at radius 3 is 2.44 bits per heavy atom. The Bertz CT molecular complexity index is 1120. The van der Waals surface area contributed by atoms with Gasteiger partial charge in [0.25, 0.3) is 5.91 Å². The number of anilines is 1. The smallest absolute Gasteiger partial charge is 0.259 e. The second kappa shape index (κ2) is 10.6. The average Bonchev–Trinajstić information content (AvgIpc) is 3.07. The van der Waals surface area contributed by atoms with Gasteiger partial charge in [0.2, 0.25) is 0 Å². The van der Waals surface area contributed by atoms with Crippen LogP contribution in [-0.4, -0.2) is 12.1 Å². The van der Waals surface area contributed by atoms with Crippen molar-refractivity contribution in [3.63, 3.8) is 0 Å². The van der Waals surface area contributed by atoms with Crippen molar-refractivity contribution >= 4 is 40.2 Å². The highest BCUT2D eigenvalue weighted by molar-refractivity contribution is 7.16. The van der Waals surface area contributed by atoms with Crippen LogP contribution in [0.1, 0.15) is 63.2 Å². The monoisotopic (exact) mass is 442 g/mol. The van der Waals surface area contributed by atoms with E-state index in [0.29, 0.717) is 0 Å². The van der Waals surface area contributed by atoms with Gasteiger partial charge in [-0.25, -0.2) is 4.99 Å². The first kappa shape index (κ1) is 22.2. The van der Waals surface area contributed by atoms with Crippen molar-refractivity contribution in [3.8, 4) is 0 Å². The molecule has 32 heavy (non-hydrogen) atoms. The van der Waals surface area contributed by atoms with E-state index in [2.05, 4.69) is 37.4 Å². The number of nitrogens with zero attached hydrogens (tertiary/aromatic N) is 1. The molecule has 0 radical (unpaired) electrons. The summed E-state index contributed by atoms with van der Waals surface area (Å²) in [7, 11) is 0. The van der Waals surface area contributed by atoms with E-state index in [-0.39, 0.29) is 5.91 Å². The summed E-state index contributed by atoms with van der Waals surface area (Å²) in [4.78, 5) is 19.5. The molecule has 0 fully saturated rings. The van der Waals surface area contributed by atoms with E-state index < -0.39 is 0 Å². The second-order valence-electron chi connectivity index (χ2n) is 8.48. The summed E-state index contributed by atoms with van der Waals surface area (Å²) < 4.78 is 0. The van der Waals surface area contributed by atoms with E-state index in [1.807, 2.05) is 42.5 Å². The molecule has 1 heterocycles. The lowest BCUT2D eigenvalue weighted by Crippen LogP contribution is -2.14. The minimum Gasteiger partial charge on any atom is -0.322 e. The number of amides is 1. The highest BCUT2D eigenvalue weighted by Gasteiger charge is 2.24.